The van der Waals surface area contributed by atoms with Crippen LogP contribution < -0.4 is 5.32 Å². The van der Waals surface area contributed by atoms with Gasteiger partial charge in [0.2, 0.25) is 5.91 Å². The monoisotopic (exact) mass is 335 g/mol. The van der Waals surface area contributed by atoms with Crippen LogP contribution in [0.15, 0.2) is 54.6 Å². The molecule has 0 spiro atoms. The third kappa shape index (κ3) is 3.73. The van der Waals surface area contributed by atoms with Crippen molar-refractivity contribution in [3.05, 3.63) is 66.0 Å². The van der Waals surface area contributed by atoms with Crippen molar-refractivity contribution >= 4 is 16.9 Å². The number of fused-ring (bicyclic) bond motifs is 1. The molecule has 0 radical (unpaired) electrons. The standard InChI is InChI=1S/C21H25N3O/c1-15(22-20(25)21(2,3)4)19-23-17-12-8-9-13-18(17)24(19)14-16-10-6-5-7-11-16/h5-13,15H,14H2,1-4H3,(H,22,25)/t15-/m1/s1. The van der Waals surface area contributed by atoms with Crippen molar-refractivity contribution in [2.75, 3.05) is 0 Å². The molecule has 0 unspecified atom stereocenters. The van der Waals surface area contributed by atoms with Gasteiger partial charge in [-0.1, -0.05) is 63.2 Å². The molecule has 0 aliphatic carbocycles. The van der Waals surface area contributed by atoms with Gasteiger partial charge in [-0.05, 0) is 24.6 Å². The van der Waals surface area contributed by atoms with Gasteiger partial charge < -0.3 is 9.88 Å². The normalized spacial score (nSPS) is 13.0. The Balaban J connectivity index is 1.99. The molecule has 0 aliphatic rings. The van der Waals surface area contributed by atoms with Crippen LogP contribution in [0.2, 0.25) is 0 Å². The number of nitrogens with one attached hydrogen (secondary N) is 1. The first-order valence-electron chi connectivity index (χ1n) is 8.66. The molecule has 1 amide bonds. The topological polar surface area (TPSA) is 46.9 Å². The van der Waals surface area contributed by atoms with E-state index >= 15 is 0 Å². The maximum atomic E-state index is 12.4. The van der Waals surface area contributed by atoms with Crippen LogP contribution in [0, 0.1) is 5.41 Å². The number of carbonyl (C=O) groups excluding carboxylic acids is 1. The van der Waals surface area contributed by atoms with E-state index in [0.29, 0.717) is 0 Å². The maximum absolute atomic E-state index is 12.4. The maximum Gasteiger partial charge on any atom is 0.225 e. The van der Waals surface area contributed by atoms with Crippen molar-refractivity contribution in [3.8, 4) is 0 Å². The van der Waals surface area contributed by atoms with Gasteiger partial charge in [0.25, 0.3) is 0 Å². The summed E-state index contributed by atoms with van der Waals surface area (Å²) in [6.45, 7) is 8.48. The van der Waals surface area contributed by atoms with Crippen molar-refractivity contribution in [1.82, 2.24) is 14.9 Å². The molecule has 0 aliphatic heterocycles. The number of nitrogens with zero attached hydrogens (tertiary/aromatic N) is 2. The fourth-order valence-corrected chi connectivity index (χ4v) is 2.83. The predicted molar refractivity (Wildman–Crippen MR) is 101 cm³/mol. The zero-order valence-electron chi connectivity index (χ0n) is 15.3. The summed E-state index contributed by atoms with van der Waals surface area (Å²) in [4.78, 5) is 17.2. The van der Waals surface area contributed by atoms with Crippen molar-refractivity contribution in [2.45, 2.75) is 40.3 Å². The Morgan fingerprint density at radius 3 is 2.40 bits per heavy atom. The van der Waals surface area contributed by atoms with E-state index in [4.69, 9.17) is 4.98 Å². The number of imidazole rings is 1. The second kappa shape index (κ2) is 6.71. The highest BCUT2D eigenvalue weighted by atomic mass is 16.2. The fourth-order valence-electron chi connectivity index (χ4n) is 2.83. The second-order valence-corrected chi connectivity index (χ2v) is 7.48. The van der Waals surface area contributed by atoms with Crippen LogP contribution in [-0.4, -0.2) is 15.5 Å². The van der Waals surface area contributed by atoms with Gasteiger partial charge in [0, 0.05) is 12.0 Å². The van der Waals surface area contributed by atoms with Gasteiger partial charge in [0.05, 0.1) is 17.1 Å². The van der Waals surface area contributed by atoms with Crippen molar-refractivity contribution < 1.29 is 4.79 Å². The average Bonchev–Trinajstić information content (AvgIpc) is 2.94. The molecule has 2 aromatic carbocycles. The lowest BCUT2D eigenvalue weighted by molar-refractivity contribution is -0.129. The minimum Gasteiger partial charge on any atom is -0.346 e. The van der Waals surface area contributed by atoms with Crippen LogP contribution in [0.4, 0.5) is 0 Å². The Labute approximate surface area is 148 Å². The van der Waals surface area contributed by atoms with E-state index < -0.39 is 5.41 Å². The Morgan fingerprint density at radius 2 is 1.72 bits per heavy atom. The molecule has 1 heterocycles. The predicted octanol–water partition coefficient (Wildman–Crippen LogP) is 4.31. The number of hydrogen-bond donors (Lipinski definition) is 1. The molecule has 3 rings (SSSR count). The van der Waals surface area contributed by atoms with E-state index in [-0.39, 0.29) is 11.9 Å². The molecular weight excluding hydrogens is 310 g/mol. The molecular formula is C21H25N3O. The van der Waals surface area contributed by atoms with Gasteiger partial charge in [0.15, 0.2) is 0 Å². The zero-order valence-corrected chi connectivity index (χ0v) is 15.3. The first kappa shape index (κ1) is 17.2. The molecule has 0 saturated heterocycles. The van der Waals surface area contributed by atoms with E-state index in [1.165, 1.54) is 5.56 Å². The van der Waals surface area contributed by atoms with Gasteiger partial charge in [-0.15, -0.1) is 0 Å². The summed E-state index contributed by atoms with van der Waals surface area (Å²) in [5, 5.41) is 3.10. The number of para-hydroxylation sites is 2. The number of carbonyl (C=O) groups is 1. The van der Waals surface area contributed by atoms with Crippen LogP contribution in [0.1, 0.15) is 45.1 Å². The van der Waals surface area contributed by atoms with Gasteiger partial charge >= 0.3 is 0 Å². The first-order chi connectivity index (χ1) is 11.9. The van der Waals surface area contributed by atoms with Gasteiger partial charge in [-0.2, -0.15) is 0 Å². The summed E-state index contributed by atoms with van der Waals surface area (Å²) in [6.07, 6.45) is 0. The molecule has 1 aromatic heterocycles. The van der Waals surface area contributed by atoms with E-state index in [1.54, 1.807) is 0 Å². The Morgan fingerprint density at radius 1 is 1.08 bits per heavy atom. The number of aromatic nitrogens is 2. The Bertz CT molecular complexity index is 875. The summed E-state index contributed by atoms with van der Waals surface area (Å²) in [5.41, 5.74) is 2.81. The van der Waals surface area contributed by atoms with Crippen LogP contribution in [0.25, 0.3) is 11.0 Å². The molecule has 1 atom stereocenters. The Kier molecular flexibility index (Phi) is 4.62. The van der Waals surface area contributed by atoms with Crippen LogP contribution in [-0.2, 0) is 11.3 Å². The number of amides is 1. The summed E-state index contributed by atoms with van der Waals surface area (Å²) < 4.78 is 2.19. The Hall–Kier alpha value is -2.62. The van der Waals surface area contributed by atoms with Crippen LogP contribution >= 0.6 is 0 Å². The summed E-state index contributed by atoms with van der Waals surface area (Å²) in [5.74, 6) is 0.904. The number of rotatable bonds is 4. The smallest absolute Gasteiger partial charge is 0.225 e. The highest BCUT2D eigenvalue weighted by Crippen LogP contribution is 2.23. The molecule has 130 valence electrons. The van der Waals surface area contributed by atoms with Crippen molar-refractivity contribution in [3.63, 3.8) is 0 Å². The second-order valence-electron chi connectivity index (χ2n) is 7.48. The third-order valence-corrected chi connectivity index (χ3v) is 4.28. The lowest BCUT2D eigenvalue weighted by atomic mass is 9.95. The number of benzene rings is 2. The molecule has 0 fully saturated rings. The van der Waals surface area contributed by atoms with Crippen molar-refractivity contribution in [2.24, 2.45) is 5.41 Å². The van der Waals surface area contributed by atoms with E-state index in [9.17, 15) is 4.79 Å². The minimum atomic E-state index is -0.426. The van der Waals surface area contributed by atoms with Crippen LogP contribution in [0.5, 0.6) is 0 Å². The van der Waals surface area contributed by atoms with Gasteiger partial charge in [-0.25, -0.2) is 4.98 Å². The van der Waals surface area contributed by atoms with Crippen molar-refractivity contribution in [1.29, 1.82) is 0 Å². The zero-order chi connectivity index (χ0) is 18.0. The molecule has 25 heavy (non-hydrogen) atoms. The summed E-state index contributed by atoms with van der Waals surface area (Å²) >= 11 is 0. The molecule has 1 N–H and O–H groups in total. The fraction of sp³-hybridized carbons (Fsp3) is 0.333. The molecule has 0 saturated carbocycles. The van der Waals surface area contributed by atoms with Gasteiger partial charge in [0.1, 0.15) is 5.82 Å². The molecule has 0 bridgehead atoms. The minimum absolute atomic E-state index is 0.0262. The third-order valence-electron chi connectivity index (χ3n) is 4.28. The summed E-state index contributed by atoms with van der Waals surface area (Å²) in [7, 11) is 0. The molecule has 4 nitrogen and oxygen atoms in total. The molecule has 3 aromatic rings. The average molecular weight is 335 g/mol. The number of hydrogen-bond acceptors (Lipinski definition) is 2. The van der Waals surface area contributed by atoms with E-state index in [0.717, 1.165) is 23.4 Å². The highest BCUT2D eigenvalue weighted by molar-refractivity contribution is 5.82. The lowest BCUT2D eigenvalue weighted by Gasteiger charge is -2.22. The van der Waals surface area contributed by atoms with Gasteiger partial charge in [-0.3, -0.25) is 4.79 Å². The quantitative estimate of drug-likeness (QED) is 0.772. The SMILES string of the molecule is C[C@@H](NC(=O)C(C)(C)C)c1nc2ccccc2n1Cc1ccccc1. The lowest BCUT2D eigenvalue weighted by Crippen LogP contribution is -2.37. The van der Waals surface area contributed by atoms with E-state index in [2.05, 4.69) is 28.1 Å². The largest absolute Gasteiger partial charge is 0.346 e. The molecule has 4 heteroatoms. The summed E-state index contributed by atoms with van der Waals surface area (Å²) in [6, 6.07) is 18.3. The van der Waals surface area contributed by atoms with E-state index in [1.807, 2.05) is 64.1 Å². The highest BCUT2D eigenvalue weighted by Gasteiger charge is 2.25. The van der Waals surface area contributed by atoms with Crippen LogP contribution in [0.3, 0.4) is 0 Å². The first-order valence-corrected chi connectivity index (χ1v) is 8.66.